The number of methoxy groups -OCH3 is 1. The second-order valence-electron chi connectivity index (χ2n) is 18.1. The zero-order valence-corrected chi connectivity index (χ0v) is 35.4. The molecule has 0 aromatic heterocycles. The molecule has 1 heterocycles. The minimum atomic E-state index is -0.912. The molecule has 9 atom stereocenters. The third-order valence-corrected chi connectivity index (χ3v) is 12.9. The van der Waals surface area contributed by atoms with Gasteiger partial charge in [-0.05, 0) is 99.6 Å². The first kappa shape index (κ1) is 43.9. The Bertz CT molecular complexity index is 1640. The maximum absolute atomic E-state index is 14.3. The number of hydrogen-bond acceptors (Lipinski definition) is 10. The fraction of sp³-hybridized carbons (Fsp3) is 0.682. The number of likely N-dealkylation sites (N-methyl/N-ethyl adjacent to an activating group) is 1. The molecule has 6 rings (SSSR count). The first-order chi connectivity index (χ1) is 26.5. The van der Waals surface area contributed by atoms with Crippen LogP contribution in [0.15, 0.2) is 36.4 Å². The van der Waals surface area contributed by atoms with Gasteiger partial charge in [-0.2, -0.15) is 5.06 Å². The van der Waals surface area contributed by atoms with Crippen molar-refractivity contribution in [1.29, 1.82) is 0 Å². The summed E-state index contributed by atoms with van der Waals surface area (Å²) in [6, 6.07) is 10.7. The van der Waals surface area contributed by atoms with E-state index in [4.69, 9.17) is 9.57 Å². The van der Waals surface area contributed by atoms with E-state index in [1.54, 1.807) is 19.1 Å². The lowest BCUT2D eigenvalue weighted by atomic mass is 9.45. The van der Waals surface area contributed by atoms with Crippen LogP contribution in [0.4, 0.5) is 5.69 Å². The van der Waals surface area contributed by atoms with Gasteiger partial charge in [0.2, 0.25) is 5.91 Å². The third-order valence-electron chi connectivity index (χ3n) is 12.9. The Hall–Kier alpha value is -3.26. The molecule has 4 aliphatic rings. The van der Waals surface area contributed by atoms with Crippen LogP contribution in [-0.4, -0.2) is 122 Å². The van der Waals surface area contributed by atoms with Gasteiger partial charge in [-0.1, -0.05) is 52.8 Å². The van der Waals surface area contributed by atoms with Crippen molar-refractivity contribution >= 4 is 17.5 Å². The summed E-state index contributed by atoms with van der Waals surface area (Å²) < 4.78 is 6.12. The highest BCUT2D eigenvalue weighted by molar-refractivity contribution is 5.97. The molecule has 0 unspecified atom stereocenters. The minimum Gasteiger partial charge on any atom is -0.496 e. The zero-order chi connectivity index (χ0) is 41.1. The van der Waals surface area contributed by atoms with Crippen molar-refractivity contribution in [1.82, 2.24) is 20.6 Å². The Morgan fingerprint density at radius 1 is 1.09 bits per heavy atom. The number of para-hydroxylation sites is 1. The molecule has 12 heteroatoms. The van der Waals surface area contributed by atoms with Crippen molar-refractivity contribution in [3.8, 4) is 16.9 Å². The quantitative estimate of drug-likeness (QED) is 0.146. The highest BCUT2D eigenvalue weighted by Gasteiger charge is 2.57. The van der Waals surface area contributed by atoms with E-state index in [1.165, 1.54) is 6.42 Å². The van der Waals surface area contributed by atoms with Crippen LogP contribution < -0.4 is 20.3 Å². The third kappa shape index (κ3) is 9.54. The van der Waals surface area contributed by atoms with Crippen molar-refractivity contribution in [3.05, 3.63) is 47.5 Å². The Kier molecular flexibility index (Phi) is 14.5. The number of hydrogen-bond donors (Lipinski definition) is 5. The van der Waals surface area contributed by atoms with Crippen LogP contribution in [0.5, 0.6) is 5.75 Å². The highest BCUT2D eigenvalue weighted by Crippen LogP contribution is 2.61. The number of carbonyl (C=O) groups excluding carboxylic acids is 2. The number of rotatable bonds is 18. The van der Waals surface area contributed by atoms with E-state index in [2.05, 4.69) is 50.2 Å². The first-order valence-electron chi connectivity index (χ1n) is 20.6. The lowest BCUT2D eigenvalue weighted by Gasteiger charge is -2.62. The summed E-state index contributed by atoms with van der Waals surface area (Å²) in [5, 5.41) is 39.2. The van der Waals surface area contributed by atoms with Gasteiger partial charge in [0.1, 0.15) is 17.9 Å². The van der Waals surface area contributed by atoms with Gasteiger partial charge in [0.15, 0.2) is 0 Å². The molecule has 5 N–H and O–H groups in total. The topological polar surface area (TPSA) is 147 Å². The SMILES string of the molecule is COc1c(CN2O[C@@H](CO)[C@@H]([C@H](C)O)[C@H]2C(=O)N[C@H]2C[C@@H]3C[C@H]([C@@H]2C)C3(C)C)cccc1-c1cc(C(=O)N[C@@H](CC(C)C)CN(C)C)cc(N(C)CCCO)c1. The summed E-state index contributed by atoms with van der Waals surface area (Å²) in [5.41, 5.74) is 3.88. The molecule has 2 amide bonds. The molecular formula is C44H69N5O7. The number of carbonyl (C=O) groups is 2. The molecule has 3 aliphatic carbocycles. The Morgan fingerprint density at radius 2 is 1.82 bits per heavy atom. The molecule has 4 fully saturated rings. The number of aliphatic hydroxyl groups excluding tert-OH is 3. The maximum atomic E-state index is 14.3. The average molecular weight is 780 g/mol. The van der Waals surface area contributed by atoms with Crippen molar-refractivity contribution in [2.45, 2.75) is 104 Å². The number of hydroxylamine groups is 2. The number of nitrogens with zero attached hydrogens (tertiary/aromatic N) is 3. The molecule has 12 nitrogen and oxygen atoms in total. The van der Waals surface area contributed by atoms with Crippen molar-refractivity contribution in [3.63, 3.8) is 0 Å². The Labute approximate surface area is 334 Å². The number of amides is 2. The largest absolute Gasteiger partial charge is 0.496 e. The Balaban J connectivity index is 1.48. The number of anilines is 1. The van der Waals surface area contributed by atoms with Crippen LogP contribution >= 0.6 is 0 Å². The molecule has 2 aromatic rings. The molecule has 0 radical (unpaired) electrons. The fourth-order valence-electron chi connectivity index (χ4n) is 9.84. The number of nitrogens with one attached hydrogen (secondary N) is 2. The second-order valence-corrected chi connectivity index (χ2v) is 18.1. The average Bonchev–Trinajstić information content (AvgIpc) is 3.52. The lowest BCUT2D eigenvalue weighted by molar-refractivity contribution is -0.183. The summed E-state index contributed by atoms with van der Waals surface area (Å²) in [4.78, 5) is 38.7. The van der Waals surface area contributed by atoms with Gasteiger partial charge in [-0.3, -0.25) is 14.4 Å². The first-order valence-corrected chi connectivity index (χ1v) is 20.6. The van der Waals surface area contributed by atoms with Crippen LogP contribution in [0.3, 0.4) is 0 Å². The molecule has 56 heavy (non-hydrogen) atoms. The second kappa shape index (κ2) is 18.6. The van der Waals surface area contributed by atoms with Gasteiger partial charge in [0.05, 0.1) is 26.4 Å². The van der Waals surface area contributed by atoms with Gasteiger partial charge in [-0.15, -0.1) is 0 Å². The zero-order valence-electron chi connectivity index (χ0n) is 35.4. The maximum Gasteiger partial charge on any atom is 0.251 e. The van der Waals surface area contributed by atoms with E-state index >= 15 is 0 Å². The predicted molar refractivity (Wildman–Crippen MR) is 220 cm³/mol. The molecular weight excluding hydrogens is 711 g/mol. The van der Waals surface area contributed by atoms with Crippen molar-refractivity contribution in [2.24, 2.45) is 35.0 Å². The number of aliphatic hydroxyl groups is 3. The fourth-order valence-corrected chi connectivity index (χ4v) is 9.84. The van der Waals surface area contributed by atoms with Crippen LogP contribution in [0.2, 0.25) is 0 Å². The standard InChI is InChI=1S/C44H69N5O7/c1-26(2)17-33(24-47(7)8)45-42(53)31-18-30(19-34(20-31)48(9)15-12-16-50)35-14-11-13-29(41(35)55-10)23-49-40(39(28(4)52)38(25-51)56-49)43(54)46-37-22-32-21-36(27(37)3)44(32,5)6/h11,13-14,18-20,26-28,32-33,36-40,50-52H,12,15-17,21-25H2,1-10H3,(H,45,53)(H,46,54)/t27-,28-,32-,33-,36+,37-,38-,39+,40-/m0/s1. The summed E-state index contributed by atoms with van der Waals surface area (Å²) in [6.07, 6.45) is 1.85. The molecule has 3 saturated carbocycles. The molecule has 1 aliphatic heterocycles. The number of benzene rings is 2. The van der Waals surface area contributed by atoms with E-state index in [9.17, 15) is 24.9 Å². The van der Waals surface area contributed by atoms with E-state index in [1.807, 2.05) is 62.4 Å². The molecule has 2 bridgehead atoms. The van der Waals surface area contributed by atoms with Crippen LogP contribution in [-0.2, 0) is 16.2 Å². The molecule has 2 aromatic carbocycles. The monoisotopic (exact) mass is 780 g/mol. The summed E-state index contributed by atoms with van der Waals surface area (Å²) in [6.45, 7) is 14.0. The van der Waals surface area contributed by atoms with Crippen molar-refractivity contribution in [2.75, 3.05) is 59.5 Å². The van der Waals surface area contributed by atoms with E-state index in [0.717, 1.165) is 35.2 Å². The van der Waals surface area contributed by atoms with Gasteiger partial charge in [0.25, 0.3) is 5.91 Å². The van der Waals surface area contributed by atoms with Gasteiger partial charge in [0, 0.05) is 67.1 Å². The lowest BCUT2D eigenvalue weighted by Crippen LogP contribution is -2.62. The number of fused-ring (bicyclic) bond motifs is 2. The van der Waals surface area contributed by atoms with E-state index < -0.39 is 24.2 Å². The molecule has 1 saturated heterocycles. The normalized spacial score (nSPS) is 26.8. The molecule has 312 valence electrons. The van der Waals surface area contributed by atoms with Crippen LogP contribution in [0, 0.1) is 35.0 Å². The van der Waals surface area contributed by atoms with Crippen molar-refractivity contribution < 1.29 is 34.5 Å². The van der Waals surface area contributed by atoms with E-state index in [0.29, 0.717) is 54.5 Å². The minimum absolute atomic E-state index is 0.0273. The van der Waals surface area contributed by atoms with Crippen LogP contribution in [0.25, 0.3) is 11.1 Å². The van der Waals surface area contributed by atoms with Gasteiger partial charge >= 0.3 is 0 Å². The summed E-state index contributed by atoms with van der Waals surface area (Å²) >= 11 is 0. The van der Waals surface area contributed by atoms with Gasteiger partial charge in [-0.25, -0.2) is 0 Å². The summed E-state index contributed by atoms with van der Waals surface area (Å²) in [7, 11) is 7.56. The van der Waals surface area contributed by atoms with E-state index in [-0.39, 0.29) is 49.1 Å². The Morgan fingerprint density at radius 3 is 2.41 bits per heavy atom. The molecule has 0 spiro atoms. The number of ether oxygens (including phenoxy) is 1. The van der Waals surface area contributed by atoms with Crippen LogP contribution in [0.1, 0.15) is 83.1 Å². The smallest absolute Gasteiger partial charge is 0.251 e. The highest BCUT2D eigenvalue weighted by atomic mass is 16.7. The summed E-state index contributed by atoms with van der Waals surface area (Å²) in [5.74, 6) is 1.37. The van der Waals surface area contributed by atoms with Gasteiger partial charge < -0.3 is 40.5 Å². The predicted octanol–water partition coefficient (Wildman–Crippen LogP) is 4.55.